The van der Waals surface area contributed by atoms with Crippen LogP contribution in [0.25, 0.3) is 0 Å². The van der Waals surface area contributed by atoms with E-state index in [0.29, 0.717) is 19.4 Å². The van der Waals surface area contributed by atoms with Crippen LogP contribution >= 0.6 is 11.6 Å². The highest BCUT2D eigenvalue weighted by Crippen LogP contribution is 2.23. The van der Waals surface area contributed by atoms with Gasteiger partial charge in [0.1, 0.15) is 0 Å². The third-order valence-electron chi connectivity index (χ3n) is 3.53. The van der Waals surface area contributed by atoms with Crippen molar-refractivity contribution in [1.82, 2.24) is 5.32 Å². The zero-order valence-electron chi connectivity index (χ0n) is 11.5. The van der Waals surface area contributed by atoms with E-state index in [1.165, 1.54) is 18.2 Å². The molecule has 0 aliphatic rings. The topological polar surface area (TPSA) is 98.3 Å². The summed E-state index contributed by atoms with van der Waals surface area (Å²) in [5.74, 6) is -0.376. The molecule has 0 heterocycles. The first-order valence-electron chi connectivity index (χ1n) is 6.35. The van der Waals surface area contributed by atoms with Gasteiger partial charge in [-0.3, -0.25) is 14.9 Å². The summed E-state index contributed by atoms with van der Waals surface area (Å²) < 4.78 is 0. The van der Waals surface area contributed by atoms with Crippen molar-refractivity contribution < 1.29 is 9.72 Å². The Morgan fingerprint density at radius 2 is 2.05 bits per heavy atom. The summed E-state index contributed by atoms with van der Waals surface area (Å²) >= 11 is 5.93. The Balaban J connectivity index is 3.01. The minimum atomic E-state index is -0.560. The minimum absolute atomic E-state index is 0.0508. The van der Waals surface area contributed by atoms with Crippen LogP contribution in [0.4, 0.5) is 5.69 Å². The second-order valence-electron chi connectivity index (χ2n) is 4.57. The molecular formula is C13H18ClN3O3. The van der Waals surface area contributed by atoms with E-state index in [9.17, 15) is 14.9 Å². The van der Waals surface area contributed by atoms with E-state index in [1.807, 2.05) is 13.8 Å². The molecule has 1 aromatic carbocycles. The van der Waals surface area contributed by atoms with E-state index < -0.39 is 10.5 Å². The normalized spacial score (nSPS) is 11.2. The van der Waals surface area contributed by atoms with Gasteiger partial charge in [-0.1, -0.05) is 25.4 Å². The zero-order valence-corrected chi connectivity index (χ0v) is 12.2. The van der Waals surface area contributed by atoms with Crippen LogP contribution in [0.2, 0.25) is 5.02 Å². The number of carbonyl (C=O) groups excluding carboxylic acids is 1. The molecule has 7 heteroatoms. The van der Waals surface area contributed by atoms with Crippen LogP contribution in [0.3, 0.4) is 0 Å². The molecule has 0 bridgehead atoms. The molecule has 0 radical (unpaired) electrons. The molecule has 0 saturated heterocycles. The van der Waals surface area contributed by atoms with Crippen LogP contribution in [-0.2, 0) is 0 Å². The maximum atomic E-state index is 12.2. The fourth-order valence-corrected chi connectivity index (χ4v) is 2.14. The molecule has 0 saturated carbocycles. The number of nitro benzene ring substituents is 1. The average molecular weight is 300 g/mol. The van der Waals surface area contributed by atoms with E-state index in [4.69, 9.17) is 17.3 Å². The van der Waals surface area contributed by atoms with Crippen LogP contribution in [0.1, 0.15) is 37.0 Å². The molecule has 0 aliphatic carbocycles. The first kappa shape index (κ1) is 16.4. The molecule has 0 fully saturated rings. The van der Waals surface area contributed by atoms with Gasteiger partial charge in [-0.05, 0) is 18.9 Å². The number of rotatable bonds is 6. The lowest BCUT2D eigenvalue weighted by Gasteiger charge is -2.31. The van der Waals surface area contributed by atoms with Gasteiger partial charge in [-0.25, -0.2) is 0 Å². The molecule has 20 heavy (non-hydrogen) atoms. The number of carbonyl (C=O) groups is 1. The van der Waals surface area contributed by atoms with Crippen LogP contribution < -0.4 is 11.1 Å². The highest BCUT2D eigenvalue weighted by atomic mass is 35.5. The van der Waals surface area contributed by atoms with Crippen molar-refractivity contribution in [3.8, 4) is 0 Å². The Labute approximate surface area is 122 Å². The van der Waals surface area contributed by atoms with Crippen LogP contribution in [0.5, 0.6) is 0 Å². The van der Waals surface area contributed by atoms with Crippen molar-refractivity contribution in [2.45, 2.75) is 32.2 Å². The summed E-state index contributed by atoms with van der Waals surface area (Å²) in [6.07, 6.45) is 1.38. The monoisotopic (exact) mass is 299 g/mol. The fourth-order valence-electron chi connectivity index (χ4n) is 1.88. The summed E-state index contributed by atoms with van der Waals surface area (Å²) in [6.45, 7) is 4.19. The Bertz CT molecular complexity index is 507. The SMILES string of the molecule is CCC(CC)(CN)NC(=O)c1ccc([N+](=O)[O-])cc1Cl. The molecule has 0 unspecified atom stereocenters. The van der Waals surface area contributed by atoms with Gasteiger partial charge in [0.2, 0.25) is 0 Å². The molecule has 0 atom stereocenters. The van der Waals surface area contributed by atoms with E-state index in [0.717, 1.165) is 0 Å². The van der Waals surface area contributed by atoms with Gasteiger partial charge in [0.25, 0.3) is 11.6 Å². The number of nitrogens with one attached hydrogen (secondary N) is 1. The highest BCUT2D eigenvalue weighted by molar-refractivity contribution is 6.34. The van der Waals surface area contributed by atoms with Gasteiger partial charge in [-0.2, -0.15) is 0 Å². The van der Waals surface area contributed by atoms with Crippen LogP contribution in [-0.4, -0.2) is 22.9 Å². The molecule has 6 nitrogen and oxygen atoms in total. The van der Waals surface area contributed by atoms with Gasteiger partial charge < -0.3 is 11.1 Å². The molecule has 3 N–H and O–H groups in total. The number of nitrogens with zero attached hydrogens (tertiary/aromatic N) is 1. The summed E-state index contributed by atoms with van der Waals surface area (Å²) in [5.41, 5.74) is 5.29. The Morgan fingerprint density at radius 3 is 2.45 bits per heavy atom. The Morgan fingerprint density at radius 1 is 1.45 bits per heavy atom. The van der Waals surface area contributed by atoms with E-state index in [-0.39, 0.29) is 22.2 Å². The van der Waals surface area contributed by atoms with Gasteiger partial charge in [0.05, 0.1) is 21.0 Å². The third-order valence-corrected chi connectivity index (χ3v) is 3.84. The zero-order chi connectivity index (χ0) is 15.3. The number of hydrogen-bond donors (Lipinski definition) is 2. The summed E-state index contributed by atoms with van der Waals surface area (Å²) in [7, 11) is 0. The van der Waals surface area contributed by atoms with Crippen molar-refractivity contribution in [2.24, 2.45) is 5.73 Å². The predicted octanol–water partition coefficient (Wildman–Crippen LogP) is 2.50. The minimum Gasteiger partial charge on any atom is -0.345 e. The lowest BCUT2D eigenvalue weighted by molar-refractivity contribution is -0.384. The predicted molar refractivity (Wildman–Crippen MR) is 77.9 cm³/mol. The lowest BCUT2D eigenvalue weighted by atomic mass is 9.92. The number of hydrogen-bond acceptors (Lipinski definition) is 4. The number of halogens is 1. The molecule has 110 valence electrons. The second-order valence-corrected chi connectivity index (χ2v) is 4.97. The second kappa shape index (κ2) is 6.67. The number of non-ortho nitro benzene ring substituents is 1. The molecule has 1 amide bonds. The summed E-state index contributed by atoms with van der Waals surface area (Å²) in [5, 5.41) is 13.5. The Kier molecular flexibility index (Phi) is 5.47. The van der Waals surface area contributed by atoms with Crippen molar-refractivity contribution in [3.05, 3.63) is 38.9 Å². The number of nitrogens with two attached hydrogens (primary N) is 1. The molecular weight excluding hydrogens is 282 g/mol. The standard InChI is InChI=1S/C13H18ClN3O3/c1-3-13(4-2,8-15)16-12(18)10-6-5-9(17(19)20)7-11(10)14/h5-7H,3-4,8,15H2,1-2H3,(H,16,18). The smallest absolute Gasteiger partial charge is 0.270 e. The van der Waals surface area contributed by atoms with Gasteiger partial charge in [0.15, 0.2) is 0 Å². The third kappa shape index (κ3) is 3.46. The Hall–Kier alpha value is -1.66. The largest absolute Gasteiger partial charge is 0.345 e. The molecule has 0 spiro atoms. The molecule has 1 aromatic rings. The van der Waals surface area contributed by atoms with E-state index in [2.05, 4.69) is 5.32 Å². The molecule has 1 rings (SSSR count). The van der Waals surface area contributed by atoms with Crippen molar-refractivity contribution >= 4 is 23.2 Å². The van der Waals surface area contributed by atoms with Crippen molar-refractivity contribution in [3.63, 3.8) is 0 Å². The lowest BCUT2D eigenvalue weighted by Crippen LogP contribution is -2.52. The van der Waals surface area contributed by atoms with Crippen molar-refractivity contribution in [2.75, 3.05) is 6.54 Å². The molecule has 0 aromatic heterocycles. The summed E-state index contributed by atoms with van der Waals surface area (Å²) in [6, 6.07) is 3.77. The maximum absolute atomic E-state index is 12.2. The van der Waals surface area contributed by atoms with Gasteiger partial charge in [0, 0.05) is 18.7 Å². The first-order chi connectivity index (χ1) is 9.39. The van der Waals surface area contributed by atoms with E-state index >= 15 is 0 Å². The first-order valence-corrected chi connectivity index (χ1v) is 6.73. The van der Waals surface area contributed by atoms with E-state index in [1.54, 1.807) is 0 Å². The molecule has 0 aliphatic heterocycles. The number of benzene rings is 1. The number of amides is 1. The fraction of sp³-hybridized carbons (Fsp3) is 0.462. The number of nitro groups is 1. The summed E-state index contributed by atoms with van der Waals surface area (Å²) in [4.78, 5) is 22.3. The van der Waals surface area contributed by atoms with Gasteiger partial charge in [-0.15, -0.1) is 0 Å². The highest BCUT2D eigenvalue weighted by Gasteiger charge is 2.27. The average Bonchev–Trinajstić information content (AvgIpc) is 2.44. The van der Waals surface area contributed by atoms with Crippen molar-refractivity contribution in [1.29, 1.82) is 0 Å². The maximum Gasteiger partial charge on any atom is 0.270 e. The van der Waals surface area contributed by atoms with Crippen LogP contribution in [0, 0.1) is 10.1 Å². The van der Waals surface area contributed by atoms with Crippen LogP contribution in [0.15, 0.2) is 18.2 Å². The van der Waals surface area contributed by atoms with Gasteiger partial charge >= 0.3 is 0 Å². The quantitative estimate of drug-likeness (QED) is 0.623.